The quantitative estimate of drug-likeness (QED) is 0.238. The summed E-state index contributed by atoms with van der Waals surface area (Å²) in [6, 6.07) is 0. The Morgan fingerprint density at radius 1 is 1.37 bits per heavy atom. The van der Waals surface area contributed by atoms with Crippen molar-refractivity contribution in [3.8, 4) is 0 Å². The number of nitrogens with zero attached hydrogens (tertiary/aromatic N) is 4. The Kier molecular flexibility index (Phi) is 12.2. The molecule has 2 rings (SSSR count). The number of methoxy groups -OCH3 is 1. The molecule has 0 aromatic carbocycles. The van der Waals surface area contributed by atoms with Crippen molar-refractivity contribution in [1.82, 2.24) is 15.2 Å². The summed E-state index contributed by atoms with van der Waals surface area (Å²) in [4.78, 5) is 13.8. The molecular weight excluding hydrogens is 477 g/mol. The third-order valence-corrected chi connectivity index (χ3v) is 5.29. The number of piperidine rings is 1. The Morgan fingerprint density at radius 2 is 2.11 bits per heavy atom. The van der Waals surface area contributed by atoms with E-state index in [1.165, 1.54) is 0 Å². The molecule has 7 nitrogen and oxygen atoms in total. The zero-order chi connectivity index (χ0) is 18.8. The number of nitrogens with one attached hydrogen (secondary N) is 1. The Labute approximate surface area is 184 Å². The Morgan fingerprint density at radius 3 is 2.70 bits per heavy atom. The number of hydrogen-bond donors (Lipinski definition) is 1. The second-order valence-electron chi connectivity index (χ2n) is 6.59. The summed E-state index contributed by atoms with van der Waals surface area (Å²) >= 11 is 1.66. The molecule has 0 radical (unpaired) electrons. The lowest BCUT2D eigenvalue weighted by atomic mass is 10.1. The van der Waals surface area contributed by atoms with Gasteiger partial charge in [0.05, 0.1) is 18.3 Å². The van der Waals surface area contributed by atoms with Crippen LogP contribution in [0.5, 0.6) is 0 Å². The first kappa shape index (κ1) is 24.4. The average molecular weight is 511 g/mol. The maximum absolute atomic E-state index is 5.95. The van der Waals surface area contributed by atoms with Gasteiger partial charge in [-0.05, 0) is 26.2 Å². The van der Waals surface area contributed by atoms with E-state index in [1.807, 2.05) is 19.0 Å². The predicted octanol–water partition coefficient (Wildman–Crippen LogP) is 2.81. The molecule has 1 aliphatic heterocycles. The lowest BCUT2D eigenvalue weighted by molar-refractivity contribution is 0.00990. The molecule has 156 valence electrons. The molecule has 1 aromatic rings. The van der Waals surface area contributed by atoms with Gasteiger partial charge in [-0.25, -0.2) is 9.98 Å². The molecule has 1 fully saturated rings. The molecular formula is C18H34IN5O2S. The van der Waals surface area contributed by atoms with Crippen molar-refractivity contribution in [2.24, 2.45) is 4.99 Å². The van der Waals surface area contributed by atoms with Crippen LogP contribution in [0.1, 0.15) is 31.9 Å². The van der Waals surface area contributed by atoms with Gasteiger partial charge in [0.25, 0.3) is 0 Å². The first-order valence-electron chi connectivity index (χ1n) is 9.39. The van der Waals surface area contributed by atoms with Crippen molar-refractivity contribution in [3.63, 3.8) is 0 Å². The number of guanidine groups is 1. The summed E-state index contributed by atoms with van der Waals surface area (Å²) in [6.07, 6.45) is 3.40. The first-order valence-corrected chi connectivity index (χ1v) is 10.3. The van der Waals surface area contributed by atoms with Crippen molar-refractivity contribution in [2.45, 2.75) is 38.8 Å². The maximum Gasteiger partial charge on any atom is 0.194 e. The molecule has 1 aromatic heterocycles. The molecule has 1 aliphatic rings. The highest BCUT2D eigenvalue weighted by Crippen LogP contribution is 2.19. The van der Waals surface area contributed by atoms with Crippen LogP contribution in [-0.2, 0) is 16.0 Å². The molecule has 1 N–H and O–H groups in total. The first-order chi connectivity index (χ1) is 12.6. The van der Waals surface area contributed by atoms with Gasteiger partial charge in [0.2, 0.25) is 0 Å². The van der Waals surface area contributed by atoms with Crippen molar-refractivity contribution in [3.05, 3.63) is 11.1 Å². The van der Waals surface area contributed by atoms with E-state index < -0.39 is 0 Å². The average Bonchev–Trinajstić information content (AvgIpc) is 3.12. The summed E-state index contributed by atoms with van der Waals surface area (Å²) in [5.74, 6) is 0.977. The number of hydrogen-bond acceptors (Lipinski definition) is 6. The molecule has 0 bridgehead atoms. The summed E-state index contributed by atoms with van der Waals surface area (Å²) in [7, 11) is 5.75. The van der Waals surface area contributed by atoms with E-state index in [-0.39, 0.29) is 24.0 Å². The third-order valence-electron chi connectivity index (χ3n) is 4.24. The summed E-state index contributed by atoms with van der Waals surface area (Å²) in [5, 5.41) is 6.52. The smallest absolute Gasteiger partial charge is 0.194 e. The van der Waals surface area contributed by atoms with Crippen LogP contribution in [0.4, 0.5) is 5.13 Å². The summed E-state index contributed by atoms with van der Waals surface area (Å²) in [5.41, 5.74) is 1.02. The van der Waals surface area contributed by atoms with Crippen molar-refractivity contribution < 1.29 is 9.47 Å². The van der Waals surface area contributed by atoms with Crippen LogP contribution in [0, 0.1) is 0 Å². The number of aromatic nitrogens is 1. The van der Waals surface area contributed by atoms with Crippen molar-refractivity contribution >= 4 is 46.4 Å². The molecule has 9 heteroatoms. The van der Waals surface area contributed by atoms with E-state index in [4.69, 9.17) is 14.5 Å². The van der Waals surface area contributed by atoms with Gasteiger partial charge in [-0.2, -0.15) is 0 Å². The molecule has 0 saturated carbocycles. The SMILES string of the molecule is CCNC(=NCc1csc(N(C)C)n1)N1CCC(OCCCOC)CC1.I. The Bertz CT molecular complexity index is 548. The Hall–Kier alpha value is -0.650. The highest BCUT2D eigenvalue weighted by molar-refractivity contribution is 14.0. The van der Waals surface area contributed by atoms with E-state index >= 15 is 0 Å². The van der Waals surface area contributed by atoms with Crippen molar-refractivity contribution in [2.75, 3.05) is 59.0 Å². The highest BCUT2D eigenvalue weighted by Gasteiger charge is 2.21. The minimum atomic E-state index is 0. The Balaban J connectivity index is 0.00000364. The second-order valence-corrected chi connectivity index (χ2v) is 7.43. The molecule has 0 amide bonds. The number of aliphatic imine (C=N–C) groups is 1. The zero-order valence-corrected chi connectivity index (χ0v) is 20.1. The van der Waals surface area contributed by atoms with E-state index in [0.717, 1.165) is 68.9 Å². The van der Waals surface area contributed by atoms with Gasteiger partial charge in [-0.1, -0.05) is 0 Å². The van der Waals surface area contributed by atoms with Crippen LogP contribution in [-0.4, -0.2) is 76.0 Å². The van der Waals surface area contributed by atoms with Crippen LogP contribution in [0.2, 0.25) is 0 Å². The number of anilines is 1. The van der Waals surface area contributed by atoms with E-state index in [2.05, 4.69) is 27.5 Å². The molecule has 2 heterocycles. The van der Waals surface area contributed by atoms with E-state index in [0.29, 0.717) is 12.6 Å². The molecule has 27 heavy (non-hydrogen) atoms. The van der Waals surface area contributed by atoms with E-state index in [1.54, 1.807) is 18.4 Å². The van der Waals surface area contributed by atoms with Gasteiger partial charge < -0.3 is 24.6 Å². The maximum atomic E-state index is 5.95. The van der Waals surface area contributed by atoms with Gasteiger partial charge in [-0.3, -0.25) is 0 Å². The summed E-state index contributed by atoms with van der Waals surface area (Å²) in [6.45, 7) is 7.08. The minimum Gasteiger partial charge on any atom is -0.385 e. The fraction of sp³-hybridized carbons (Fsp3) is 0.778. The molecule has 1 saturated heterocycles. The molecule has 0 atom stereocenters. The second kappa shape index (κ2) is 13.5. The highest BCUT2D eigenvalue weighted by atomic mass is 127. The van der Waals surface area contributed by atoms with Crippen LogP contribution < -0.4 is 10.2 Å². The summed E-state index contributed by atoms with van der Waals surface area (Å²) < 4.78 is 11.0. The predicted molar refractivity (Wildman–Crippen MR) is 124 cm³/mol. The van der Waals surface area contributed by atoms with Gasteiger partial charge in [-0.15, -0.1) is 35.3 Å². The van der Waals surface area contributed by atoms with Gasteiger partial charge in [0, 0.05) is 59.4 Å². The lowest BCUT2D eigenvalue weighted by Crippen LogP contribution is -2.47. The van der Waals surface area contributed by atoms with E-state index in [9.17, 15) is 0 Å². The fourth-order valence-corrected chi connectivity index (χ4v) is 3.59. The number of ether oxygens (including phenoxy) is 2. The largest absolute Gasteiger partial charge is 0.385 e. The number of rotatable bonds is 9. The van der Waals surface area contributed by atoms with Gasteiger partial charge in [0.15, 0.2) is 11.1 Å². The monoisotopic (exact) mass is 511 g/mol. The van der Waals surface area contributed by atoms with Gasteiger partial charge in [0.1, 0.15) is 0 Å². The number of thiazole rings is 1. The standard InChI is InChI=1S/C18H33N5O2S.HI/c1-5-19-17(20-13-15-14-26-18(21-15)22(2)3)23-9-7-16(8-10-23)25-12-6-11-24-4;/h14,16H,5-13H2,1-4H3,(H,19,20);1H. The van der Waals surface area contributed by atoms with Gasteiger partial charge >= 0.3 is 0 Å². The van der Waals surface area contributed by atoms with Crippen LogP contribution in [0.15, 0.2) is 10.4 Å². The lowest BCUT2D eigenvalue weighted by Gasteiger charge is -2.34. The molecule has 0 unspecified atom stereocenters. The minimum absolute atomic E-state index is 0. The fourth-order valence-electron chi connectivity index (χ4n) is 2.84. The molecule has 0 spiro atoms. The van der Waals surface area contributed by atoms with Crippen LogP contribution in [0.25, 0.3) is 0 Å². The normalized spacial score (nSPS) is 15.6. The third kappa shape index (κ3) is 8.49. The topological polar surface area (TPSA) is 62.2 Å². The number of halogens is 1. The molecule has 0 aliphatic carbocycles. The number of likely N-dealkylation sites (tertiary alicyclic amines) is 1. The van der Waals surface area contributed by atoms with Crippen molar-refractivity contribution in [1.29, 1.82) is 0 Å². The van der Waals surface area contributed by atoms with Crippen LogP contribution in [0.3, 0.4) is 0 Å². The zero-order valence-electron chi connectivity index (χ0n) is 16.9. The van der Waals surface area contributed by atoms with Crippen LogP contribution >= 0.6 is 35.3 Å².